The Hall–Kier alpha value is -1.02. The zero-order valence-corrected chi connectivity index (χ0v) is 10.7. The van der Waals surface area contributed by atoms with Crippen LogP contribution in [0.15, 0.2) is 30.3 Å². The van der Waals surface area contributed by atoms with Crippen molar-refractivity contribution < 1.29 is 4.79 Å². The minimum Gasteiger partial charge on any atom is -0.288 e. The van der Waals surface area contributed by atoms with E-state index < -0.39 is 0 Å². The maximum Gasteiger partial charge on any atom is 0.185 e. The summed E-state index contributed by atoms with van der Waals surface area (Å²) in [5.41, 5.74) is 2.59. The molecule has 1 aromatic carbocycles. The summed E-state index contributed by atoms with van der Waals surface area (Å²) >= 11 is 1.38. The van der Waals surface area contributed by atoms with Gasteiger partial charge in [-0.25, -0.2) is 0 Å². The molecular formula is C14H18OS. The summed E-state index contributed by atoms with van der Waals surface area (Å²) in [5.74, 6) is 0.874. The van der Waals surface area contributed by atoms with Gasteiger partial charge in [0.05, 0.1) is 0 Å². The second-order valence-corrected chi connectivity index (χ2v) is 4.90. The maximum absolute atomic E-state index is 10.7. The van der Waals surface area contributed by atoms with Crippen molar-refractivity contribution in [2.45, 2.75) is 26.7 Å². The van der Waals surface area contributed by atoms with Crippen LogP contribution < -0.4 is 0 Å². The molecule has 0 radical (unpaired) electrons. The SMILES string of the molecule is CCc1ccc(C=CCCSC(C)=O)cc1. The van der Waals surface area contributed by atoms with Gasteiger partial charge in [0.1, 0.15) is 0 Å². The molecule has 0 aromatic heterocycles. The average molecular weight is 234 g/mol. The molecule has 0 unspecified atom stereocenters. The molecule has 1 nitrogen and oxygen atoms in total. The summed E-state index contributed by atoms with van der Waals surface area (Å²) in [6.07, 6.45) is 6.26. The monoisotopic (exact) mass is 234 g/mol. The maximum atomic E-state index is 10.7. The zero-order valence-electron chi connectivity index (χ0n) is 9.90. The number of carbonyl (C=O) groups excluding carboxylic acids is 1. The Morgan fingerprint density at radius 3 is 2.56 bits per heavy atom. The van der Waals surface area contributed by atoms with Gasteiger partial charge in [-0.1, -0.05) is 55.1 Å². The summed E-state index contributed by atoms with van der Waals surface area (Å²) in [6, 6.07) is 8.58. The molecule has 0 aliphatic carbocycles. The van der Waals surface area contributed by atoms with Crippen LogP contribution >= 0.6 is 11.8 Å². The first-order valence-electron chi connectivity index (χ1n) is 5.61. The van der Waals surface area contributed by atoms with Crippen molar-refractivity contribution in [3.63, 3.8) is 0 Å². The fraction of sp³-hybridized carbons (Fsp3) is 0.357. The number of hydrogen-bond acceptors (Lipinski definition) is 2. The normalized spacial score (nSPS) is 10.9. The van der Waals surface area contributed by atoms with Gasteiger partial charge in [0.2, 0.25) is 0 Å². The minimum absolute atomic E-state index is 0.195. The molecule has 1 rings (SSSR count). The van der Waals surface area contributed by atoms with E-state index in [1.54, 1.807) is 6.92 Å². The number of rotatable bonds is 5. The Bertz CT molecular complexity index is 352. The summed E-state index contributed by atoms with van der Waals surface area (Å²) in [4.78, 5) is 10.7. The van der Waals surface area contributed by atoms with Crippen LogP contribution in [-0.4, -0.2) is 10.9 Å². The largest absolute Gasteiger partial charge is 0.288 e. The van der Waals surface area contributed by atoms with Gasteiger partial charge >= 0.3 is 0 Å². The third kappa shape index (κ3) is 5.17. The van der Waals surface area contributed by atoms with Crippen molar-refractivity contribution in [3.8, 4) is 0 Å². The summed E-state index contributed by atoms with van der Waals surface area (Å²) in [7, 11) is 0. The third-order valence-electron chi connectivity index (χ3n) is 2.29. The molecule has 0 saturated heterocycles. The van der Waals surface area contributed by atoms with Crippen molar-refractivity contribution in [2.75, 3.05) is 5.75 Å². The molecule has 0 amide bonds. The van der Waals surface area contributed by atoms with Crippen LogP contribution in [-0.2, 0) is 11.2 Å². The van der Waals surface area contributed by atoms with Crippen LogP contribution in [0.1, 0.15) is 31.4 Å². The Morgan fingerprint density at radius 2 is 2.00 bits per heavy atom. The third-order valence-corrected chi connectivity index (χ3v) is 3.13. The van der Waals surface area contributed by atoms with E-state index in [0.717, 1.165) is 18.6 Å². The number of benzene rings is 1. The standard InChI is InChI=1S/C14H18OS/c1-3-13-7-9-14(10-8-13)6-4-5-11-16-12(2)15/h4,6-10H,3,5,11H2,1-2H3. The predicted molar refractivity (Wildman–Crippen MR) is 72.6 cm³/mol. The predicted octanol–water partition coefficient (Wildman–Crippen LogP) is 3.93. The molecule has 0 aliphatic heterocycles. The van der Waals surface area contributed by atoms with Gasteiger partial charge in [-0.3, -0.25) is 4.79 Å². The lowest BCUT2D eigenvalue weighted by Crippen LogP contribution is -1.83. The minimum atomic E-state index is 0.195. The lowest BCUT2D eigenvalue weighted by atomic mass is 10.1. The number of hydrogen-bond donors (Lipinski definition) is 0. The van der Waals surface area contributed by atoms with Gasteiger partial charge in [-0.15, -0.1) is 0 Å². The first kappa shape index (κ1) is 13.0. The smallest absolute Gasteiger partial charge is 0.185 e. The Labute approximate surface area is 102 Å². The highest BCUT2D eigenvalue weighted by molar-refractivity contribution is 8.13. The van der Waals surface area contributed by atoms with Crippen LogP contribution in [0.5, 0.6) is 0 Å². The van der Waals surface area contributed by atoms with Gasteiger partial charge < -0.3 is 0 Å². The number of aryl methyl sites for hydroxylation is 1. The second-order valence-electron chi connectivity index (χ2n) is 3.63. The number of thioether (sulfide) groups is 1. The van der Waals surface area contributed by atoms with Crippen LogP contribution in [0.25, 0.3) is 6.08 Å². The molecule has 0 atom stereocenters. The second kappa shape index (κ2) is 7.29. The molecule has 0 saturated carbocycles. The number of allylic oxidation sites excluding steroid dienone is 1. The van der Waals surface area contributed by atoms with Gasteiger partial charge in [-0.2, -0.15) is 0 Å². The van der Waals surface area contributed by atoms with Crippen molar-refractivity contribution >= 4 is 23.0 Å². The summed E-state index contributed by atoms with van der Waals surface area (Å²) in [5, 5.41) is 0.195. The van der Waals surface area contributed by atoms with Gasteiger partial charge in [0.15, 0.2) is 5.12 Å². The zero-order chi connectivity index (χ0) is 11.8. The first-order chi connectivity index (χ1) is 7.72. The quantitative estimate of drug-likeness (QED) is 0.718. The Kier molecular flexibility index (Phi) is 5.94. The Morgan fingerprint density at radius 1 is 1.31 bits per heavy atom. The molecule has 0 heterocycles. The molecular weight excluding hydrogens is 216 g/mol. The molecule has 0 spiro atoms. The van der Waals surface area contributed by atoms with E-state index in [-0.39, 0.29) is 5.12 Å². The molecule has 16 heavy (non-hydrogen) atoms. The highest BCUT2D eigenvalue weighted by atomic mass is 32.2. The lowest BCUT2D eigenvalue weighted by molar-refractivity contribution is -0.109. The van der Waals surface area contributed by atoms with Crippen LogP contribution in [0, 0.1) is 0 Å². The molecule has 0 bridgehead atoms. The highest BCUT2D eigenvalue weighted by Crippen LogP contribution is 2.08. The molecule has 0 N–H and O–H groups in total. The molecule has 1 aromatic rings. The summed E-state index contributed by atoms with van der Waals surface area (Å²) in [6.45, 7) is 3.77. The first-order valence-corrected chi connectivity index (χ1v) is 6.59. The lowest BCUT2D eigenvalue weighted by Gasteiger charge is -1.97. The highest BCUT2D eigenvalue weighted by Gasteiger charge is 1.91. The van der Waals surface area contributed by atoms with Crippen LogP contribution in [0.4, 0.5) is 0 Å². The van der Waals surface area contributed by atoms with E-state index in [1.807, 2.05) is 0 Å². The van der Waals surface area contributed by atoms with Crippen molar-refractivity contribution in [3.05, 3.63) is 41.5 Å². The van der Waals surface area contributed by atoms with E-state index in [1.165, 1.54) is 22.9 Å². The van der Waals surface area contributed by atoms with E-state index in [9.17, 15) is 4.79 Å². The summed E-state index contributed by atoms with van der Waals surface area (Å²) < 4.78 is 0. The van der Waals surface area contributed by atoms with E-state index in [2.05, 4.69) is 43.3 Å². The van der Waals surface area contributed by atoms with Crippen LogP contribution in [0.2, 0.25) is 0 Å². The van der Waals surface area contributed by atoms with Crippen molar-refractivity contribution in [1.82, 2.24) is 0 Å². The molecule has 0 aliphatic rings. The van der Waals surface area contributed by atoms with Crippen molar-refractivity contribution in [1.29, 1.82) is 0 Å². The molecule has 2 heteroatoms. The topological polar surface area (TPSA) is 17.1 Å². The van der Waals surface area contributed by atoms with Gasteiger partial charge in [-0.05, 0) is 24.0 Å². The van der Waals surface area contributed by atoms with Crippen molar-refractivity contribution in [2.24, 2.45) is 0 Å². The van der Waals surface area contributed by atoms with Gasteiger partial charge in [0.25, 0.3) is 0 Å². The number of carbonyl (C=O) groups is 1. The molecule has 0 fully saturated rings. The average Bonchev–Trinajstić information content (AvgIpc) is 2.29. The van der Waals surface area contributed by atoms with Gasteiger partial charge in [0, 0.05) is 12.7 Å². The van der Waals surface area contributed by atoms with E-state index >= 15 is 0 Å². The fourth-order valence-corrected chi connectivity index (χ4v) is 1.90. The Balaban J connectivity index is 2.35. The van der Waals surface area contributed by atoms with E-state index in [0.29, 0.717) is 0 Å². The van der Waals surface area contributed by atoms with E-state index in [4.69, 9.17) is 0 Å². The fourth-order valence-electron chi connectivity index (χ4n) is 1.35. The van der Waals surface area contributed by atoms with Crippen LogP contribution in [0.3, 0.4) is 0 Å². The molecule has 86 valence electrons.